The smallest absolute Gasteiger partial charge is 0.220 e. The predicted molar refractivity (Wildman–Crippen MR) is 121 cm³/mol. The molecule has 2 atom stereocenters. The first kappa shape index (κ1) is 27.4. The molecule has 0 saturated carbocycles. The van der Waals surface area contributed by atoms with Crippen molar-refractivity contribution in [3.63, 3.8) is 0 Å². The first-order chi connectivity index (χ1) is 13.5. The minimum Gasteiger partial charge on any atom is -0.393 e. The highest BCUT2D eigenvalue weighted by molar-refractivity contribution is 5.76. The van der Waals surface area contributed by atoms with Gasteiger partial charge >= 0.3 is 0 Å². The van der Waals surface area contributed by atoms with Crippen LogP contribution >= 0.6 is 0 Å². The largest absolute Gasteiger partial charge is 0.393 e. The number of amides is 1. The highest BCUT2D eigenvalue weighted by atomic mass is 16.3. The fourth-order valence-electron chi connectivity index (χ4n) is 3.91. The molecule has 0 saturated heterocycles. The van der Waals surface area contributed by atoms with Gasteiger partial charge in [0.15, 0.2) is 0 Å². The van der Waals surface area contributed by atoms with E-state index in [1.54, 1.807) is 0 Å². The third-order valence-electron chi connectivity index (χ3n) is 6.07. The number of nitrogens with zero attached hydrogens (tertiary/aromatic N) is 1. The molecule has 0 aromatic carbocycles. The van der Waals surface area contributed by atoms with Crippen LogP contribution in [-0.4, -0.2) is 41.7 Å². The Kier molecular flexibility index (Phi) is 19.3. The maximum absolute atomic E-state index is 11.7. The molecule has 0 aliphatic heterocycles. The summed E-state index contributed by atoms with van der Waals surface area (Å²) in [4.78, 5) is 14.0. The lowest BCUT2D eigenvalue weighted by Crippen LogP contribution is -2.30. The monoisotopic (exact) mass is 398 g/mol. The molecule has 0 aliphatic carbocycles. The van der Waals surface area contributed by atoms with Crippen molar-refractivity contribution in [2.45, 2.75) is 123 Å². The highest BCUT2D eigenvalue weighted by Crippen LogP contribution is 2.17. The Morgan fingerprint density at radius 3 is 1.68 bits per heavy atom. The molecule has 0 fully saturated rings. The molecule has 0 spiro atoms. The van der Waals surface area contributed by atoms with Crippen molar-refractivity contribution in [2.24, 2.45) is 11.7 Å². The molecular weight excluding hydrogens is 348 g/mol. The summed E-state index contributed by atoms with van der Waals surface area (Å²) < 4.78 is 0. The van der Waals surface area contributed by atoms with E-state index in [2.05, 4.69) is 25.7 Å². The molecule has 0 bridgehead atoms. The van der Waals surface area contributed by atoms with Gasteiger partial charge in [0.2, 0.25) is 5.91 Å². The SMILES string of the molecule is CCCCCCC(O)CCCCCCCCCC(CCN(CC)CC)C(N)=O. The fourth-order valence-corrected chi connectivity index (χ4v) is 3.91. The fraction of sp³-hybridized carbons (Fsp3) is 0.958. The lowest BCUT2D eigenvalue weighted by atomic mass is 9.96. The number of carbonyl (C=O) groups excluding carboxylic acids is 1. The van der Waals surface area contributed by atoms with E-state index in [9.17, 15) is 9.90 Å². The van der Waals surface area contributed by atoms with Gasteiger partial charge in [-0.05, 0) is 45.3 Å². The molecule has 1 amide bonds. The summed E-state index contributed by atoms with van der Waals surface area (Å²) in [6.45, 7) is 9.61. The Labute approximate surface area is 175 Å². The molecule has 0 aromatic rings. The number of carbonyl (C=O) groups is 1. The molecule has 0 radical (unpaired) electrons. The third-order valence-corrected chi connectivity index (χ3v) is 6.07. The topological polar surface area (TPSA) is 66.6 Å². The van der Waals surface area contributed by atoms with Crippen LogP contribution in [0.2, 0.25) is 0 Å². The molecule has 4 heteroatoms. The second kappa shape index (κ2) is 19.7. The molecule has 0 aromatic heterocycles. The average Bonchev–Trinajstić information content (AvgIpc) is 2.68. The van der Waals surface area contributed by atoms with Gasteiger partial charge in [0.1, 0.15) is 0 Å². The molecule has 0 rings (SSSR count). The Morgan fingerprint density at radius 2 is 1.21 bits per heavy atom. The third kappa shape index (κ3) is 16.4. The van der Waals surface area contributed by atoms with E-state index in [1.165, 1.54) is 57.8 Å². The zero-order valence-electron chi connectivity index (χ0n) is 19.3. The number of aliphatic hydroxyl groups excluding tert-OH is 1. The van der Waals surface area contributed by atoms with E-state index in [-0.39, 0.29) is 17.9 Å². The Balaban J connectivity index is 3.56. The Hall–Kier alpha value is -0.610. The summed E-state index contributed by atoms with van der Waals surface area (Å²) in [6.07, 6.45) is 17.2. The van der Waals surface area contributed by atoms with Crippen molar-refractivity contribution >= 4 is 5.91 Å². The first-order valence-electron chi connectivity index (χ1n) is 12.2. The summed E-state index contributed by atoms with van der Waals surface area (Å²) >= 11 is 0. The molecule has 168 valence electrons. The van der Waals surface area contributed by atoms with Gasteiger partial charge < -0.3 is 15.7 Å². The first-order valence-corrected chi connectivity index (χ1v) is 12.2. The van der Waals surface area contributed by atoms with Crippen LogP contribution in [0.3, 0.4) is 0 Å². The number of hydrogen-bond acceptors (Lipinski definition) is 3. The van der Waals surface area contributed by atoms with Gasteiger partial charge in [0, 0.05) is 5.92 Å². The van der Waals surface area contributed by atoms with E-state index in [0.717, 1.165) is 58.2 Å². The van der Waals surface area contributed by atoms with Crippen molar-refractivity contribution < 1.29 is 9.90 Å². The molecule has 28 heavy (non-hydrogen) atoms. The molecule has 0 heterocycles. The predicted octanol–water partition coefficient (Wildman–Crippen LogP) is 5.66. The van der Waals surface area contributed by atoms with Crippen LogP contribution in [0.5, 0.6) is 0 Å². The second-order valence-corrected chi connectivity index (χ2v) is 8.47. The van der Waals surface area contributed by atoms with Crippen LogP contribution < -0.4 is 5.73 Å². The van der Waals surface area contributed by atoms with Gasteiger partial charge in [-0.1, -0.05) is 91.4 Å². The van der Waals surface area contributed by atoms with Crippen LogP contribution in [0.25, 0.3) is 0 Å². The van der Waals surface area contributed by atoms with Gasteiger partial charge in [-0.25, -0.2) is 0 Å². The molecular formula is C24H50N2O2. The standard InChI is InChI=1S/C24H50N2O2/c1-4-7-8-15-18-23(27)19-16-13-11-9-10-12-14-17-22(24(25)28)20-21-26(5-2)6-3/h22-23,27H,4-21H2,1-3H3,(H2,25,28). The maximum atomic E-state index is 11.7. The zero-order chi connectivity index (χ0) is 21.0. The summed E-state index contributed by atoms with van der Waals surface area (Å²) in [6, 6.07) is 0. The number of rotatable bonds is 21. The van der Waals surface area contributed by atoms with Crippen molar-refractivity contribution in [3.8, 4) is 0 Å². The van der Waals surface area contributed by atoms with E-state index < -0.39 is 0 Å². The van der Waals surface area contributed by atoms with Crippen LogP contribution in [0, 0.1) is 5.92 Å². The Morgan fingerprint density at radius 1 is 0.750 bits per heavy atom. The summed E-state index contributed by atoms with van der Waals surface area (Å²) in [5.74, 6) is -0.0835. The maximum Gasteiger partial charge on any atom is 0.220 e. The van der Waals surface area contributed by atoms with Crippen LogP contribution in [0.15, 0.2) is 0 Å². The van der Waals surface area contributed by atoms with Crippen molar-refractivity contribution in [1.29, 1.82) is 0 Å². The van der Waals surface area contributed by atoms with Gasteiger partial charge in [0.05, 0.1) is 6.10 Å². The molecule has 0 aliphatic rings. The van der Waals surface area contributed by atoms with Crippen LogP contribution in [-0.2, 0) is 4.79 Å². The normalized spacial score (nSPS) is 13.8. The van der Waals surface area contributed by atoms with Gasteiger partial charge in [-0.3, -0.25) is 4.79 Å². The van der Waals surface area contributed by atoms with Crippen LogP contribution in [0.4, 0.5) is 0 Å². The highest BCUT2D eigenvalue weighted by Gasteiger charge is 2.15. The lowest BCUT2D eigenvalue weighted by molar-refractivity contribution is -0.122. The van der Waals surface area contributed by atoms with E-state index in [4.69, 9.17) is 5.73 Å². The van der Waals surface area contributed by atoms with Gasteiger partial charge in [0.25, 0.3) is 0 Å². The van der Waals surface area contributed by atoms with Crippen molar-refractivity contribution in [1.82, 2.24) is 4.90 Å². The second-order valence-electron chi connectivity index (χ2n) is 8.47. The summed E-state index contributed by atoms with van der Waals surface area (Å²) in [7, 11) is 0. The van der Waals surface area contributed by atoms with Gasteiger partial charge in [-0.15, -0.1) is 0 Å². The average molecular weight is 399 g/mol. The number of hydrogen-bond donors (Lipinski definition) is 2. The minimum absolute atomic E-state index is 0.0411. The quantitative estimate of drug-likeness (QED) is 0.245. The number of aliphatic hydroxyl groups is 1. The van der Waals surface area contributed by atoms with Crippen molar-refractivity contribution in [2.75, 3.05) is 19.6 Å². The van der Waals surface area contributed by atoms with Crippen molar-refractivity contribution in [3.05, 3.63) is 0 Å². The molecule has 3 N–H and O–H groups in total. The Bertz CT molecular complexity index is 345. The van der Waals surface area contributed by atoms with Crippen LogP contribution in [0.1, 0.15) is 117 Å². The minimum atomic E-state index is -0.125. The zero-order valence-corrected chi connectivity index (χ0v) is 19.3. The van der Waals surface area contributed by atoms with E-state index in [1.807, 2.05) is 0 Å². The van der Waals surface area contributed by atoms with Gasteiger partial charge in [-0.2, -0.15) is 0 Å². The molecule has 4 nitrogen and oxygen atoms in total. The number of nitrogens with two attached hydrogens (primary N) is 1. The number of unbranched alkanes of at least 4 members (excludes halogenated alkanes) is 9. The summed E-state index contributed by atoms with van der Waals surface area (Å²) in [5, 5.41) is 9.99. The van der Waals surface area contributed by atoms with E-state index >= 15 is 0 Å². The summed E-state index contributed by atoms with van der Waals surface area (Å²) in [5.41, 5.74) is 5.59. The molecule has 2 unspecified atom stereocenters. The lowest BCUT2D eigenvalue weighted by Gasteiger charge is -2.21. The number of primary amides is 1. The van der Waals surface area contributed by atoms with E-state index in [0.29, 0.717) is 0 Å².